The number of fused-ring (bicyclic) bond motifs is 1. The molecule has 2 heterocycles. The number of hydrogen-bond donors (Lipinski definition) is 0. The van der Waals surface area contributed by atoms with Gasteiger partial charge < -0.3 is 19.3 Å². The summed E-state index contributed by atoms with van der Waals surface area (Å²) in [5, 5.41) is 0.456. The highest BCUT2D eigenvalue weighted by Crippen LogP contribution is 2.31. The van der Waals surface area contributed by atoms with E-state index in [0.717, 1.165) is 25.7 Å². The van der Waals surface area contributed by atoms with Crippen molar-refractivity contribution in [3.05, 3.63) is 39.0 Å². The first-order valence-electron chi connectivity index (χ1n) is 12.6. The fourth-order valence-corrected chi connectivity index (χ4v) is 5.63. The molecule has 2 aromatic rings. The lowest BCUT2D eigenvalue weighted by molar-refractivity contribution is -0.147. The average molecular weight is 517 g/mol. The van der Waals surface area contributed by atoms with Gasteiger partial charge >= 0.3 is 5.69 Å². The van der Waals surface area contributed by atoms with Crippen LogP contribution in [0.15, 0.2) is 27.8 Å². The van der Waals surface area contributed by atoms with Crippen molar-refractivity contribution in [2.75, 3.05) is 40.5 Å². The number of nitrogens with zero attached hydrogens (tertiary/aromatic N) is 4. The number of aryl methyl sites for hydroxylation is 1. The maximum absolute atomic E-state index is 13.2. The lowest BCUT2D eigenvalue weighted by Gasteiger charge is -2.41. The van der Waals surface area contributed by atoms with Gasteiger partial charge in [0, 0.05) is 52.3 Å². The third-order valence-electron chi connectivity index (χ3n) is 7.72. The summed E-state index contributed by atoms with van der Waals surface area (Å²) in [7, 11) is 4.72. The molecule has 0 bridgehead atoms. The number of hydrogen-bond acceptors (Lipinski definition) is 6. The molecule has 37 heavy (non-hydrogen) atoms. The molecule has 10 nitrogen and oxygen atoms in total. The van der Waals surface area contributed by atoms with Gasteiger partial charge in [-0.05, 0) is 56.7 Å². The summed E-state index contributed by atoms with van der Waals surface area (Å²) in [6.45, 7) is 3.94. The predicted octanol–water partition coefficient (Wildman–Crippen LogP) is 1.86. The summed E-state index contributed by atoms with van der Waals surface area (Å²) in [5.74, 6) is 0.762. The molecule has 1 saturated carbocycles. The van der Waals surface area contributed by atoms with Crippen molar-refractivity contribution in [1.82, 2.24) is 18.9 Å². The molecule has 2 fully saturated rings. The van der Waals surface area contributed by atoms with Crippen LogP contribution in [0.2, 0.25) is 0 Å². The molecule has 1 saturated heterocycles. The number of piperazine rings is 1. The predicted molar refractivity (Wildman–Crippen MR) is 142 cm³/mol. The second-order valence-electron chi connectivity index (χ2n) is 10.0. The van der Waals surface area contributed by atoms with Crippen molar-refractivity contribution in [3.63, 3.8) is 0 Å². The van der Waals surface area contributed by atoms with Crippen molar-refractivity contribution in [1.29, 1.82) is 0 Å². The van der Waals surface area contributed by atoms with Crippen LogP contribution in [-0.2, 0) is 27.9 Å². The standard InChI is InChI=1S/C26H36N4O6.CH4/c1-17-14-28(11-12-29(17)23(31)16-35-3)24(32)19-7-5-18(6-8-19)15-30-25(33)21-13-20(36-4)9-10-22(21)27(2)26(30)34;/h9-10,13,17-19H,5-8,11-12,14-16H2,1-4H3;1H4/t17-,18?,19?;/m0./s1. The molecule has 0 radical (unpaired) electrons. The maximum atomic E-state index is 13.2. The summed E-state index contributed by atoms with van der Waals surface area (Å²) < 4.78 is 13.0. The maximum Gasteiger partial charge on any atom is 0.331 e. The third-order valence-corrected chi connectivity index (χ3v) is 7.72. The van der Waals surface area contributed by atoms with Gasteiger partial charge in [-0.2, -0.15) is 0 Å². The van der Waals surface area contributed by atoms with Crippen LogP contribution in [0.4, 0.5) is 0 Å². The molecule has 1 aromatic heterocycles. The molecule has 1 aliphatic carbocycles. The second kappa shape index (κ2) is 11.9. The number of rotatable bonds is 6. The first-order valence-corrected chi connectivity index (χ1v) is 12.6. The van der Waals surface area contributed by atoms with Crippen LogP contribution in [0.3, 0.4) is 0 Å². The number of aromatic nitrogens is 2. The molecule has 4 rings (SSSR count). The molecular weight excluding hydrogens is 476 g/mol. The summed E-state index contributed by atoms with van der Waals surface area (Å²) in [6, 6.07) is 5.09. The highest BCUT2D eigenvalue weighted by atomic mass is 16.5. The highest BCUT2D eigenvalue weighted by molar-refractivity contribution is 5.81. The summed E-state index contributed by atoms with van der Waals surface area (Å²) in [5.41, 5.74) is -0.0552. The van der Waals surface area contributed by atoms with E-state index < -0.39 is 0 Å². The SMILES string of the molecule is C.COCC(=O)N1CCN(C(=O)C2CCC(Cn3c(=O)c4cc(OC)ccc4n(C)c3=O)CC2)C[C@@H]1C. The Bertz CT molecular complexity index is 1240. The van der Waals surface area contributed by atoms with E-state index in [9.17, 15) is 19.2 Å². The van der Waals surface area contributed by atoms with E-state index in [2.05, 4.69) is 0 Å². The Hall–Kier alpha value is -3.14. The van der Waals surface area contributed by atoms with Crippen molar-refractivity contribution in [3.8, 4) is 5.75 Å². The number of methoxy groups -OCH3 is 2. The smallest absolute Gasteiger partial charge is 0.331 e. The van der Waals surface area contributed by atoms with E-state index in [1.54, 1.807) is 37.3 Å². The molecule has 1 aromatic carbocycles. The van der Waals surface area contributed by atoms with Gasteiger partial charge in [0.15, 0.2) is 0 Å². The Morgan fingerprint density at radius 1 is 1.05 bits per heavy atom. The zero-order valence-electron chi connectivity index (χ0n) is 21.6. The van der Waals surface area contributed by atoms with E-state index in [4.69, 9.17) is 9.47 Å². The minimum atomic E-state index is -0.328. The van der Waals surface area contributed by atoms with Crippen LogP contribution in [0, 0.1) is 11.8 Å². The molecule has 1 aliphatic heterocycles. The fourth-order valence-electron chi connectivity index (χ4n) is 5.63. The monoisotopic (exact) mass is 516 g/mol. The largest absolute Gasteiger partial charge is 0.497 e. The van der Waals surface area contributed by atoms with Gasteiger partial charge in [-0.15, -0.1) is 0 Å². The molecule has 0 spiro atoms. The van der Waals surface area contributed by atoms with E-state index in [1.807, 2.05) is 11.8 Å². The normalized spacial score (nSPS) is 22.0. The van der Waals surface area contributed by atoms with Gasteiger partial charge in [-0.1, -0.05) is 7.43 Å². The number of carbonyl (C=O) groups excluding carboxylic acids is 2. The number of carbonyl (C=O) groups is 2. The lowest BCUT2D eigenvalue weighted by atomic mass is 9.81. The van der Waals surface area contributed by atoms with Gasteiger partial charge in [-0.3, -0.25) is 23.5 Å². The molecule has 2 amide bonds. The molecule has 0 unspecified atom stereocenters. The number of ether oxygens (including phenoxy) is 2. The summed E-state index contributed by atoms with van der Waals surface area (Å²) in [4.78, 5) is 55.2. The van der Waals surface area contributed by atoms with Crippen LogP contribution in [0.5, 0.6) is 5.75 Å². The van der Waals surface area contributed by atoms with E-state index >= 15 is 0 Å². The first kappa shape index (κ1) is 28.4. The van der Waals surface area contributed by atoms with Crippen molar-refractivity contribution in [2.45, 2.75) is 52.6 Å². The lowest BCUT2D eigenvalue weighted by Crippen LogP contribution is -2.57. The molecule has 2 aliphatic rings. The van der Waals surface area contributed by atoms with Crippen molar-refractivity contribution >= 4 is 22.7 Å². The van der Waals surface area contributed by atoms with E-state index in [1.165, 1.54) is 16.2 Å². The number of amides is 2. The number of benzene rings is 1. The zero-order valence-corrected chi connectivity index (χ0v) is 21.6. The third kappa shape index (κ3) is 5.74. The van der Waals surface area contributed by atoms with Gasteiger partial charge in [-0.25, -0.2) is 4.79 Å². The highest BCUT2D eigenvalue weighted by Gasteiger charge is 2.34. The van der Waals surface area contributed by atoms with Crippen LogP contribution >= 0.6 is 0 Å². The topological polar surface area (TPSA) is 103 Å². The van der Waals surface area contributed by atoms with Crippen LogP contribution in [0.1, 0.15) is 40.0 Å². The Kier molecular flexibility index (Phi) is 9.17. The molecule has 204 valence electrons. The molecule has 0 N–H and O–H groups in total. The second-order valence-corrected chi connectivity index (χ2v) is 10.0. The Morgan fingerprint density at radius 3 is 2.38 bits per heavy atom. The summed E-state index contributed by atoms with van der Waals surface area (Å²) in [6.07, 6.45) is 3.03. The fraction of sp³-hybridized carbons (Fsp3) is 0.630. The molecular formula is C27H40N4O6. The molecule has 1 atom stereocenters. The minimum Gasteiger partial charge on any atom is -0.497 e. The first-order chi connectivity index (χ1) is 17.2. The average Bonchev–Trinajstić information content (AvgIpc) is 2.89. The Labute approximate surface area is 217 Å². The van der Waals surface area contributed by atoms with Gasteiger partial charge in [0.05, 0.1) is 18.0 Å². The van der Waals surface area contributed by atoms with Gasteiger partial charge in [0.25, 0.3) is 5.56 Å². The zero-order chi connectivity index (χ0) is 26.0. The van der Waals surface area contributed by atoms with Gasteiger partial charge in [0.2, 0.25) is 11.8 Å². The van der Waals surface area contributed by atoms with E-state index in [0.29, 0.717) is 42.8 Å². The van der Waals surface area contributed by atoms with Gasteiger partial charge in [0.1, 0.15) is 12.4 Å². The van der Waals surface area contributed by atoms with Crippen LogP contribution in [0.25, 0.3) is 10.9 Å². The van der Waals surface area contributed by atoms with Crippen LogP contribution in [-0.4, -0.2) is 77.3 Å². The van der Waals surface area contributed by atoms with Crippen LogP contribution < -0.4 is 16.0 Å². The minimum absolute atomic E-state index is 0. The van der Waals surface area contributed by atoms with Crippen molar-refractivity contribution in [2.24, 2.45) is 18.9 Å². The Balaban J connectivity index is 0.00000380. The quantitative estimate of drug-likeness (QED) is 0.581. The van der Waals surface area contributed by atoms with Crippen molar-refractivity contribution < 1.29 is 19.1 Å². The Morgan fingerprint density at radius 2 is 1.76 bits per heavy atom. The molecule has 10 heteroatoms. The van der Waals surface area contributed by atoms with E-state index in [-0.39, 0.29) is 55.0 Å². The summed E-state index contributed by atoms with van der Waals surface area (Å²) >= 11 is 0.